The van der Waals surface area contributed by atoms with E-state index in [1.165, 1.54) is 12.1 Å². The van der Waals surface area contributed by atoms with Gasteiger partial charge in [-0.25, -0.2) is 4.39 Å². The summed E-state index contributed by atoms with van der Waals surface area (Å²) in [6.45, 7) is 4.11. The molecule has 8 heteroatoms. The van der Waals surface area contributed by atoms with Gasteiger partial charge in [0.2, 0.25) is 0 Å². The lowest BCUT2D eigenvalue weighted by Crippen LogP contribution is -2.49. The van der Waals surface area contributed by atoms with Crippen LogP contribution in [0.5, 0.6) is 5.75 Å². The SMILES string of the molecule is COc1ccc(C(CNC(=O)C(=O)NCc2ccc(F)cc2)N2CCN(C)CC2)cc1. The summed E-state index contributed by atoms with van der Waals surface area (Å²) in [5.41, 5.74) is 1.77. The van der Waals surface area contributed by atoms with E-state index in [2.05, 4.69) is 27.5 Å². The van der Waals surface area contributed by atoms with Crippen LogP contribution in [0.2, 0.25) is 0 Å². The van der Waals surface area contributed by atoms with E-state index in [0.717, 1.165) is 43.1 Å². The first-order chi connectivity index (χ1) is 15.0. The second-order valence-corrected chi connectivity index (χ2v) is 7.65. The molecule has 0 aliphatic carbocycles. The predicted molar refractivity (Wildman–Crippen MR) is 116 cm³/mol. The van der Waals surface area contributed by atoms with Crippen molar-refractivity contribution in [2.24, 2.45) is 0 Å². The number of amides is 2. The largest absolute Gasteiger partial charge is 0.497 e. The maximum absolute atomic E-state index is 13.0. The van der Waals surface area contributed by atoms with Crippen LogP contribution in [0, 0.1) is 5.82 Å². The Bertz CT molecular complexity index is 865. The number of piperazine rings is 1. The molecule has 1 atom stereocenters. The van der Waals surface area contributed by atoms with Crippen molar-refractivity contribution in [2.75, 3.05) is 46.9 Å². The van der Waals surface area contributed by atoms with Crippen LogP contribution in [-0.4, -0.2) is 68.5 Å². The summed E-state index contributed by atoms with van der Waals surface area (Å²) in [6, 6.07) is 13.5. The van der Waals surface area contributed by atoms with Crippen LogP contribution >= 0.6 is 0 Å². The van der Waals surface area contributed by atoms with E-state index in [-0.39, 0.29) is 18.4 Å². The number of likely N-dealkylation sites (N-methyl/N-ethyl adjacent to an activating group) is 1. The van der Waals surface area contributed by atoms with Gasteiger partial charge in [-0.1, -0.05) is 24.3 Å². The molecular weight excluding hydrogens is 399 g/mol. The van der Waals surface area contributed by atoms with Crippen molar-refractivity contribution in [3.05, 3.63) is 65.5 Å². The second-order valence-electron chi connectivity index (χ2n) is 7.65. The Balaban J connectivity index is 1.59. The van der Waals surface area contributed by atoms with E-state index in [1.807, 2.05) is 24.3 Å². The fourth-order valence-corrected chi connectivity index (χ4v) is 3.55. The maximum Gasteiger partial charge on any atom is 0.309 e. The van der Waals surface area contributed by atoms with Gasteiger partial charge in [0.25, 0.3) is 0 Å². The molecule has 31 heavy (non-hydrogen) atoms. The van der Waals surface area contributed by atoms with Gasteiger partial charge in [-0.3, -0.25) is 14.5 Å². The molecule has 1 unspecified atom stereocenters. The molecule has 7 nitrogen and oxygen atoms in total. The van der Waals surface area contributed by atoms with Gasteiger partial charge >= 0.3 is 11.8 Å². The highest BCUT2D eigenvalue weighted by Crippen LogP contribution is 2.24. The Hall–Kier alpha value is -2.97. The molecule has 3 rings (SSSR count). The van der Waals surface area contributed by atoms with Crippen molar-refractivity contribution in [1.29, 1.82) is 0 Å². The van der Waals surface area contributed by atoms with Crippen molar-refractivity contribution in [3.63, 3.8) is 0 Å². The van der Waals surface area contributed by atoms with Crippen molar-refractivity contribution < 1.29 is 18.7 Å². The van der Waals surface area contributed by atoms with Crippen LogP contribution in [0.3, 0.4) is 0 Å². The smallest absolute Gasteiger partial charge is 0.309 e. The molecule has 2 amide bonds. The van der Waals surface area contributed by atoms with E-state index >= 15 is 0 Å². The highest BCUT2D eigenvalue weighted by Gasteiger charge is 2.25. The van der Waals surface area contributed by atoms with E-state index in [4.69, 9.17) is 4.74 Å². The van der Waals surface area contributed by atoms with Crippen molar-refractivity contribution >= 4 is 11.8 Å². The van der Waals surface area contributed by atoms with Crippen LogP contribution in [-0.2, 0) is 16.1 Å². The number of ether oxygens (including phenoxy) is 1. The molecule has 166 valence electrons. The Morgan fingerprint density at radius 1 is 0.968 bits per heavy atom. The molecule has 1 fully saturated rings. The average molecular weight is 429 g/mol. The zero-order valence-electron chi connectivity index (χ0n) is 17.9. The molecule has 1 heterocycles. The first kappa shape index (κ1) is 22.7. The minimum absolute atomic E-state index is 0.0477. The lowest BCUT2D eigenvalue weighted by atomic mass is 10.0. The zero-order chi connectivity index (χ0) is 22.2. The highest BCUT2D eigenvalue weighted by molar-refractivity contribution is 6.35. The van der Waals surface area contributed by atoms with Gasteiger partial charge in [-0.05, 0) is 42.4 Å². The minimum Gasteiger partial charge on any atom is -0.497 e. The number of hydrogen-bond acceptors (Lipinski definition) is 5. The van der Waals surface area contributed by atoms with E-state index in [1.54, 1.807) is 19.2 Å². The quantitative estimate of drug-likeness (QED) is 0.655. The maximum atomic E-state index is 13.0. The lowest BCUT2D eigenvalue weighted by Gasteiger charge is -2.38. The van der Waals surface area contributed by atoms with Crippen LogP contribution in [0.1, 0.15) is 17.2 Å². The van der Waals surface area contributed by atoms with Gasteiger partial charge in [0.1, 0.15) is 11.6 Å². The summed E-state index contributed by atoms with van der Waals surface area (Å²) in [5, 5.41) is 5.34. The molecule has 2 N–H and O–H groups in total. The Morgan fingerprint density at radius 3 is 2.19 bits per heavy atom. The molecule has 1 aliphatic heterocycles. The number of hydrogen-bond donors (Lipinski definition) is 2. The number of carbonyl (C=O) groups excluding carboxylic acids is 2. The summed E-state index contributed by atoms with van der Waals surface area (Å²) in [5.74, 6) is -0.975. The summed E-state index contributed by atoms with van der Waals surface area (Å²) in [6.07, 6.45) is 0. The van der Waals surface area contributed by atoms with Crippen LogP contribution < -0.4 is 15.4 Å². The van der Waals surface area contributed by atoms with Crippen molar-refractivity contribution in [1.82, 2.24) is 20.4 Å². The lowest BCUT2D eigenvalue weighted by molar-refractivity contribution is -0.139. The predicted octanol–water partition coefficient (Wildman–Crippen LogP) is 1.56. The third kappa shape index (κ3) is 6.50. The first-order valence-corrected chi connectivity index (χ1v) is 10.3. The molecule has 0 saturated carbocycles. The molecule has 2 aromatic carbocycles. The van der Waals surface area contributed by atoms with E-state index in [9.17, 15) is 14.0 Å². The van der Waals surface area contributed by atoms with Gasteiger partial charge in [0.05, 0.1) is 13.2 Å². The van der Waals surface area contributed by atoms with Gasteiger partial charge in [-0.15, -0.1) is 0 Å². The number of nitrogens with zero attached hydrogens (tertiary/aromatic N) is 2. The van der Waals surface area contributed by atoms with E-state index < -0.39 is 11.8 Å². The Morgan fingerprint density at radius 2 is 1.58 bits per heavy atom. The highest BCUT2D eigenvalue weighted by atomic mass is 19.1. The van der Waals surface area contributed by atoms with Gasteiger partial charge in [0.15, 0.2) is 0 Å². The first-order valence-electron chi connectivity index (χ1n) is 10.3. The molecular formula is C23H29FN4O3. The number of benzene rings is 2. The van der Waals surface area contributed by atoms with Crippen molar-refractivity contribution in [3.8, 4) is 5.75 Å². The van der Waals surface area contributed by atoms with E-state index in [0.29, 0.717) is 6.54 Å². The number of carbonyl (C=O) groups is 2. The number of methoxy groups -OCH3 is 1. The van der Waals surface area contributed by atoms with Gasteiger partial charge < -0.3 is 20.3 Å². The number of halogens is 1. The zero-order valence-corrected chi connectivity index (χ0v) is 17.9. The summed E-state index contributed by atoms with van der Waals surface area (Å²) >= 11 is 0. The third-order valence-electron chi connectivity index (χ3n) is 5.51. The Labute approximate surface area is 182 Å². The fourth-order valence-electron chi connectivity index (χ4n) is 3.55. The topological polar surface area (TPSA) is 73.9 Å². The van der Waals surface area contributed by atoms with Crippen LogP contribution in [0.15, 0.2) is 48.5 Å². The molecule has 0 aromatic heterocycles. The normalized spacial score (nSPS) is 15.8. The van der Waals surface area contributed by atoms with Gasteiger partial charge in [0, 0.05) is 39.3 Å². The van der Waals surface area contributed by atoms with Crippen LogP contribution in [0.4, 0.5) is 4.39 Å². The molecule has 2 aromatic rings. The monoisotopic (exact) mass is 428 g/mol. The number of nitrogens with one attached hydrogen (secondary N) is 2. The molecule has 0 spiro atoms. The van der Waals surface area contributed by atoms with Crippen LogP contribution in [0.25, 0.3) is 0 Å². The number of rotatable bonds is 7. The second kappa shape index (κ2) is 10.9. The molecule has 1 saturated heterocycles. The summed E-state index contributed by atoms with van der Waals surface area (Å²) < 4.78 is 18.2. The molecule has 0 radical (unpaired) electrons. The minimum atomic E-state index is -0.712. The summed E-state index contributed by atoms with van der Waals surface area (Å²) in [4.78, 5) is 29.1. The average Bonchev–Trinajstić information content (AvgIpc) is 2.80. The third-order valence-corrected chi connectivity index (χ3v) is 5.51. The molecule has 0 bridgehead atoms. The summed E-state index contributed by atoms with van der Waals surface area (Å²) in [7, 11) is 3.71. The van der Waals surface area contributed by atoms with Gasteiger partial charge in [-0.2, -0.15) is 0 Å². The fraction of sp³-hybridized carbons (Fsp3) is 0.391. The van der Waals surface area contributed by atoms with Crippen molar-refractivity contribution in [2.45, 2.75) is 12.6 Å². The Kier molecular flexibility index (Phi) is 7.97. The standard InChI is InChI=1S/C23H29FN4O3/c1-27-11-13-28(14-12-27)21(18-5-9-20(31-2)10-6-18)16-26-23(30)22(29)25-15-17-3-7-19(24)8-4-17/h3-10,21H,11-16H2,1-2H3,(H,25,29)(H,26,30). The molecule has 1 aliphatic rings.